The largest absolute Gasteiger partial charge is 0.508 e. The van der Waals surface area contributed by atoms with Gasteiger partial charge in [0.25, 0.3) is 0 Å². The van der Waals surface area contributed by atoms with Crippen molar-refractivity contribution < 1.29 is 71.5 Å². The highest BCUT2D eigenvalue weighted by Gasteiger charge is 2.28. The smallest absolute Gasteiger partial charge is 0.200 e. The summed E-state index contributed by atoms with van der Waals surface area (Å²) in [6.07, 6.45) is 1.49. The summed E-state index contributed by atoms with van der Waals surface area (Å²) in [5.74, 6) is -6.17. The third-order valence-corrected chi connectivity index (χ3v) is 10.8. The van der Waals surface area contributed by atoms with Gasteiger partial charge in [-0.2, -0.15) is 0 Å². The summed E-state index contributed by atoms with van der Waals surface area (Å²) in [4.78, 5) is 0. The van der Waals surface area contributed by atoms with Crippen LogP contribution in [0.1, 0.15) is 56.8 Å². The number of phenols is 14. The molecule has 0 fully saturated rings. The maximum absolute atomic E-state index is 11.4. The van der Waals surface area contributed by atoms with Gasteiger partial charge in [-0.3, -0.25) is 0 Å². The summed E-state index contributed by atoms with van der Waals surface area (Å²) < 4.78 is 0. The lowest BCUT2D eigenvalue weighted by molar-refractivity contribution is 0.367. The van der Waals surface area contributed by atoms with Gasteiger partial charge in [-0.1, -0.05) is 0 Å². The molecule has 0 radical (unpaired) electrons. The first kappa shape index (κ1) is 42.1. The molecule has 0 spiro atoms. The Morgan fingerprint density at radius 1 is 0.300 bits per heavy atom. The lowest BCUT2D eigenvalue weighted by atomic mass is 9.75. The van der Waals surface area contributed by atoms with E-state index in [1.165, 1.54) is 84.9 Å². The van der Waals surface area contributed by atoms with E-state index in [2.05, 4.69) is 0 Å². The average molecular weight is 823 g/mol. The molecule has 0 heterocycles. The van der Waals surface area contributed by atoms with Crippen molar-refractivity contribution in [3.63, 3.8) is 0 Å². The first-order valence-corrected chi connectivity index (χ1v) is 19.0. The minimum Gasteiger partial charge on any atom is -0.508 e. The zero-order chi connectivity index (χ0) is 43.4. The van der Waals surface area contributed by atoms with E-state index < -0.39 is 46.3 Å². The van der Waals surface area contributed by atoms with Gasteiger partial charge in [0.2, 0.25) is 0 Å². The molecule has 0 aliphatic heterocycles. The highest BCUT2D eigenvalue weighted by molar-refractivity contribution is 5.54. The van der Waals surface area contributed by atoms with Gasteiger partial charge in [0, 0.05) is 23.3 Å². The number of aryl methyl sites for hydroxylation is 3. The van der Waals surface area contributed by atoms with Crippen LogP contribution in [0.5, 0.6) is 80.5 Å². The molecule has 0 bridgehead atoms. The number of rotatable bonds is 15. The van der Waals surface area contributed by atoms with Crippen molar-refractivity contribution in [2.45, 2.75) is 57.3 Å². The first-order chi connectivity index (χ1) is 28.4. The summed E-state index contributed by atoms with van der Waals surface area (Å²) >= 11 is 0. The second-order valence-electron chi connectivity index (χ2n) is 15.1. The van der Waals surface area contributed by atoms with Gasteiger partial charge in [-0.15, -0.1) is 0 Å². The van der Waals surface area contributed by atoms with Crippen molar-refractivity contribution in [2.75, 3.05) is 0 Å². The van der Waals surface area contributed by atoms with E-state index in [1.54, 1.807) is 0 Å². The van der Waals surface area contributed by atoms with Gasteiger partial charge in [-0.05, 0) is 169 Å². The molecule has 14 N–H and O–H groups in total. The lowest BCUT2D eigenvalue weighted by Gasteiger charge is -2.29. The minimum absolute atomic E-state index is 0.0710. The predicted octanol–water partition coefficient (Wildman–Crippen LogP) is 6.95. The third-order valence-electron chi connectivity index (χ3n) is 10.8. The van der Waals surface area contributed by atoms with E-state index >= 15 is 0 Å². The van der Waals surface area contributed by atoms with Crippen molar-refractivity contribution in [3.8, 4) is 80.5 Å². The molecule has 0 aromatic heterocycles. The number of hydrogen-bond acceptors (Lipinski definition) is 14. The minimum atomic E-state index is -0.673. The molecule has 314 valence electrons. The molecule has 0 saturated carbocycles. The van der Waals surface area contributed by atoms with Crippen LogP contribution < -0.4 is 0 Å². The van der Waals surface area contributed by atoms with Crippen LogP contribution in [-0.2, 0) is 44.9 Å². The third kappa shape index (κ3) is 9.96. The molecule has 0 unspecified atom stereocenters. The number of aromatic hydroxyl groups is 14. The Morgan fingerprint density at radius 2 is 0.633 bits per heavy atom. The lowest BCUT2D eigenvalue weighted by Crippen LogP contribution is -2.19. The summed E-state index contributed by atoms with van der Waals surface area (Å²) in [6.45, 7) is 0. The van der Waals surface area contributed by atoms with Crippen molar-refractivity contribution in [2.24, 2.45) is 5.92 Å². The highest BCUT2D eigenvalue weighted by atomic mass is 16.3. The van der Waals surface area contributed by atoms with E-state index in [0.29, 0.717) is 39.8 Å². The van der Waals surface area contributed by atoms with Crippen molar-refractivity contribution >= 4 is 0 Å². The number of phenolic OH excluding ortho intramolecular Hbond substituents is 14. The summed E-state index contributed by atoms with van der Waals surface area (Å²) in [6, 6.07) is 19.3. The number of benzene rings is 6. The fraction of sp³-hybridized carbons (Fsp3) is 0.217. The maximum Gasteiger partial charge on any atom is 0.200 e. The molecular weight excluding hydrogens is 776 g/mol. The van der Waals surface area contributed by atoms with E-state index in [0.717, 1.165) is 0 Å². The van der Waals surface area contributed by atoms with Crippen LogP contribution in [-0.4, -0.2) is 71.5 Å². The van der Waals surface area contributed by atoms with Gasteiger partial charge in [-0.25, -0.2) is 0 Å². The molecule has 6 aromatic rings. The SMILES string of the molecule is Oc1cc(O)cc(C[C@@H](CCc2cc(O)c(CCc3cc(O)c(O)c(O)c3)c(O)c2)[C@@H](Cc2cc(O)cc(O)c2)c2cc(O)c(CCc3cc(O)c(O)c(O)c3)c(O)c2)c1. The van der Waals surface area contributed by atoms with Gasteiger partial charge in [0.15, 0.2) is 34.5 Å². The number of hydrogen-bond donors (Lipinski definition) is 14. The summed E-state index contributed by atoms with van der Waals surface area (Å²) in [5.41, 5.74) is 3.29. The Balaban J connectivity index is 1.34. The zero-order valence-electron chi connectivity index (χ0n) is 32.2. The van der Waals surface area contributed by atoms with E-state index in [9.17, 15) is 71.5 Å². The Kier molecular flexibility index (Phi) is 12.3. The fourth-order valence-electron chi connectivity index (χ4n) is 7.84. The molecule has 2 atom stereocenters. The molecule has 14 heteroatoms. The van der Waals surface area contributed by atoms with Crippen LogP contribution in [0.25, 0.3) is 0 Å². The van der Waals surface area contributed by atoms with Crippen LogP contribution in [0.4, 0.5) is 0 Å². The molecule has 0 aliphatic carbocycles. The van der Waals surface area contributed by atoms with Gasteiger partial charge < -0.3 is 71.5 Å². The van der Waals surface area contributed by atoms with Crippen LogP contribution in [0, 0.1) is 5.92 Å². The zero-order valence-corrected chi connectivity index (χ0v) is 32.2. The second-order valence-corrected chi connectivity index (χ2v) is 15.1. The van der Waals surface area contributed by atoms with Crippen LogP contribution in [0.3, 0.4) is 0 Å². The predicted molar refractivity (Wildman–Crippen MR) is 219 cm³/mol. The summed E-state index contributed by atoms with van der Waals surface area (Å²) in [7, 11) is 0. The highest BCUT2D eigenvalue weighted by Crippen LogP contribution is 2.43. The molecule has 14 nitrogen and oxygen atoms in total. The van der Waals surface area contributed by atoms with Gasteiger partial charge in [0.05, 0.1) is 0 Å². The molecular formula is C46H46O14. The van der Waals surface area contributed by atoms with E-state index in [1.807, 2.05) is 0 Å². The van der Waals surface area contributed by atoms with E-state index in [-0.39, 0.29) is 102 Å². The molecule has 0 aliphatic rings. The fourth-order valence-corrected chi connectivity index (χ4v) is 7.84. The van der Waals surface area contributed by atoms with Crippen molar-refractivity contribution in [1.82, 2.24) is 0 Å². The Labute approximate surface area is 343 Å². The van der Waals surface area contributed by atoms with Gasteiger partial charge in [0.1, 0.15) is 46.0 Å². The molecule has 60 heavy (non-hydrogen) atoms. The molecule has 6 aromatic carbocycles. The second kappa shape index (κ2) is 17.6. The Morgan fingerprint density at radius 3 is 1.03 bits per heavy atom. The van der Waals surface area contributed by atoms with Crippen molar-refractivity contribution in [3.05, 3.63) is 129 Å². The molecule has 6 rings (SSSR count). The molecule has 0 saturated heterocycles. The van der Waals surface area contributed by atoms with Gasteiger partial charge >= 0.3 is 0 Å². The summed E-state index contributed by atoms with van der Waals surface area (Å²) in [5, 5.41) is 145. The topological polar surface area (TPSA) is 283 Å². The normalized spacial score (nSPS) is 12.3. The van der Waals surface area contributed by atoms with Crippen LogP contribution in [0.2, 0.25) is 0 Å². The van der Waals surface area contributed by atoms with Crippen LogP contribution in [0.15, 0.2) is 84.9 Å². The monoisotopic (exact) mass is 822 g/mol. The molecule has 0 amide bonds. The average Bonchev–Trinajstić information content (AvgIpc) is 3.15. The Bertz CT molecular complexity index is 2400. The van der Waals surface area contributed by atoms with E-state index in [4.69, 9.17) is 0 Å². The quantitative estimate of drug-likeness (QED) is 0.0467. The van der Waals surface area contributed by atoms with Crippen LogP contribution >= 0.6 is 0 Å². The first-order valence-electron chi connectivity index (χ1n) is 19.0. The Hall–Kier alpha value is -7.48. The maximum atomic E-state index is 11.4. The standard InChI is InChI=1S/C46H46O14/c47-30-8-26(9-31(48)21-30)7-28(4-1-23-13-37(51)34(38(52)14-23)5-2-24-15-41(55)45(59)42(56)16-24)36(12-27-10-32(49)22-33(50)11-27)29-19-39(53)35(40(54)20-29)6-3-25-17-43(57)46(60)44(58)18-25/h8-11,13-22,28,36,47-60H,1-7,12H2/t28-,36-/m1/s1. The van der Waals surface area contributed by atoms with Crippen molar-refractivity contribution in [1.29, 1.82) is 0 Å².